The van der Waals surface area contributed by atoms with Crippen LogP contribution in [0, 0.1) is 0 Å². The lowest BCUT2D eigenvalue weighted by molar-refractivity contribution is -0.0721. The van der Waals surface area contributed by atoms with Crippen LogP contribution in [0.2, 0.25) is 0 Å². The number of hydrogen-bond acceptors (Lipinski definition) is 4. The van der Waals surface area contributed by atoms with Crippen LogP contribution >= 0.6 is 24.0 Å². The Balaban J connectivity index is 0.00000363. The SMILES string of the molecule is CCCCOc1ccc(CCNC(=NC)N2CCC(OCC3CCCCO3)CC2)cc1.I. The van der Waals surface area contributed by atoms with E-state index in [1.165, 1.54) is 18.4 Å². The molecule has 0 spiro atoms. The molecule has 1 aromatic rings. The molecular weight excluding hydrogens is 517 g/mol. The lowest BCUT2D eigenvalue weighted by atomic mass is 10.1. The van der Waals surface area contributed by atoms with Gasteiger partial charge in [0.05, 0.1) is 25.4 Å². The van der Waals surface area contributed by atoms with E-state index in [1.807, 2.05) is 7.05 Å². The van der Waals surface area contributed by atoms with E-state index in [4.69, 9.17) is 14.2 Å². The first-order valence-corrected chi connectivity index (χ1v) is 12.2. The fourth-order valence-corrected chi connectivity index (χ4v) is 4.15. The molecule has 0 bridgehead atoms. The number of ether oxygens (including phenoxy) is 3. The first-order valence-electron chi connectivity index (χ1n) is 12.2. The molecule has 2 aliphatic rings. The van der Waals surface area contributed by atoms with Gasteiger partial charge in [-0.25, -0.2) is 0 Å². The number of rotatable bonds is 10. The predicted octanol–water partition coefficient (Wildman–Crippen LogP) is 4.65. The summed E-state index contributed by atoms with van der Waals surface area (Å²) in [4.78, 5) is 6.84. The molecule has 182 valence electrons. The molecule has 0 radical (unpaired) electrons. The highest BCUT2D eigenvalue weighted by Crippen LogP contribution is 2.18. The van der Waals surface area contributed by atoms with Crippen molar-refractivity contribution in [1.29, 1.82) is 0 Å². The second-order valence-electron chi connectivity index (χ2n) is 8.58. The molecule has 0 saturated carbocycles. The molecule has 3 rings (SSSR count). The summed E-state index contributed by atoms with van der Waals surface area (Å²) in [5.74, 6) is 1.95. The van der Waals surface area contributed by atoms with Gasteiger partial charge in [-0.2, -0.15) is 0 Å². The van der Waals surface area contributed by atoms with Gasteiger partial charge in [0.2, 0.25) is 0 Å². The maximum atomic E-state index is 6.14. The van der Waals surface area contributed by atoms with Gasteiger partial charge < -0.3 is 24.4 Å². The van der Waals surface area contributed by atoms with Crippen molar-refractivity contribution < 1.29 is 14.2 Å². The quantitative estimate of drug-likeness (QED) is 0.196. The first kappa shape index (κ1) is 27.2. The molecule has 2 saturated heterocycles. The number of nitrogens with one attached hydrogen (secondary N) is 1. The molecule has 1 atom stereocenters. The van der Waals surface area contributed by atoms with E-state index in [1.54, 1.807) is 0 Å². The molecule has 1 N–H and O–H groups in total. The van der Waals surface area contributed by atoms with Crippen molar-refractivity contribution in [2.75, 3.05) is 46.5 Å². The van der Waals surface area contributed by atoms with Gasteiger partial charge in [0.1, 0.15) is 5.75 Å². The third kappa shape index (κ3) is 9.43. The van der Waals surface area contributed by atoms with Gasteiger partial charge in [-0.05, 0) is 62.6 Å². The highest BCUT2D eigenvalue weighted by atomic mass is 127. The monoisotopic (exact) mass is 559 g/mol. The van der Waals surface area contributed by atoms with Crippen molar-refractivity contribution in [1.82, 2.24) is 10.2 Å². The summed E-state index contributed by atoms with van der Waals surface area (Å²) >= 11 is 0. The minimum atomic E-state index is 0. The number of piperidine rings is 1. The molecule has 0 amide bonds. The molecule has 2 aliphatic heterocycles. The largest absolute Gasteiger partial charge is 0.494 e. The maximum absolute atomic E-state index is 6.14. The Kier molecular flexibility index (Phi) is 13.4. The van der Waals surface area contributed by atoms with Gasteiger partial charge in [-0.3, -0.25) is 4.99 Å². The van der Waals surface area contributed by atoms with Crippen LogP contribution in [0.4, 0.5) is 0 Å². The van der Waals surface area contributed by atoms with Crippen LogP contribution in [0.25, 0.3) is 0 Å². The second-order valence-corrected chi connectivity index (χ2v) is 8.58. The van der Waals surface area contributed by atoms with Crippen LogP contribution in [0.5, 0.6) is 5.75 Å². The normalized spacial score (nSPS) is 20.0. The highest BCUT2D eigenvalue weighted by molar-refractivity contribution is 14.0. The van der Waals surface area contributed by atoms with Crippen LogP contribution in [-0.2, 0) is 15.9 Å². The summed E-state index contributed by atoms with van der Waals surface area (Å²) in [6.45, 7) is 7.46. The Morgan fingerprint density at radius 3 is 2.59 bits per heavy atom. The zero-order chi connectivity index (χ0) is 21.7. The van der Waals surface area contributed by atoms with E-state index in [-0.39, 0.29) is 24.0 Å². The number of nitrogens with zero attached hydrogens (tertiary/aromatic N) is 2. The van der Waals surface area contributed by atoms with Gasteiger partial charge in [0.25, 0.3) is 0 Å². The molecule has 2 fully saturated rings. The summed E-state index contributed by atoms with van der Waals surface area (Å²) in [5, 5.41) is 3.53. The van der Waals surface area contributed by atoms with Crippen LogP contribution in [0.15, 0.2) is 29.3 Å². The van der Waals surface area contributed by atoms with Gasteiger partial charge in [0.15, 0.2) is 5.96 Å². The fraction of sp³-hybridized carbons (Fsp3) is 0.720. The van der Waals surface area contributed by atoms with E-state index in [9.17, 15) is 0 Å². The van der Waals surface area contributed by atoms with Crippen LogP contribution in [0.1, 0.15) is 57.4 Å². The van der Waals surface area contributed by atoms with Crippen LogP contribution in [0.3, 0.4) is 0 Å². The molecular formula is C25H42IN3O3. The van der Waals surface area contributed by atoms with Crippen LogP contribution in [-0.4, -0.2) is 69.6 Å². The van der Waals surface area contributed by atoms with Gasteiger partial charge in [0, 0.05) is 33.3 Å². The predicted molar refractivity (Wildman–Crippen MR) is 141 cm³/mol. The number of benzene rings is 1. The van der Waals surface area contributed by atoms with E-state index >= 15 is 0 Å². The van der Waals surface area contributed by atoms with E-state index in [0.29, 0.717) is 12.2 Å². The van der Waals surface area contributed by atoms with E-state index in [0.717, 1.165) is 89.7 Å². The number of aliphatic imine (C=N–C) groups is 1. The summed E-state index contributed by atoms with van der Waals surface area (Å²) in [5.41, 5.74) is 1.31. The van der Waals surface area contributed by atoms with Gasteiger partial charge >= 0.3 is 0 Å². The van der Waals surface area contributed by atoms with Gasteiger partial charge in [-0.1, -0.05) is 25.5 Å². The molecule has 2 heterocycles. The Hall–Kier alpha value is -1.06. The van der Waals surface area contributed by atoms with Crippen LogP contribution < -0.4 is 10.1 Å². The Morgan fingerprint density at radius 1 is 1.16 bits per heavy atom. The third-order valence-corrected chi connectivity index (χ3v) is 6.13. The van der Waals surface area contributed by atoms with Crippen molar-refractivity contribution in [3.8, 4) is 5.75 Å². The molecule has 1 aromatic carbocycles. The molecule has 7 heteroatoms. The topological polar surface area (TPSA) is 55.3 Å². The standard InChI is InChI=1S/C25H41N3O3.HI/c1-3-4-18-29-22-10-8-21(9-11-22)12-15-27-25(26-2)28-16-13-23(14-17-28)31-20-24-7-5-6-19-30-24;/h8-11,23-24H,3-7,12-20H2,1-2H3,(H,26,27);1H. The number of halogens is 1. The van der Waals surface area contributed by atoms with Crippen molar-refractivity contribution in [3.63, 3.8) is 0 Å². The summed E-state index contributed by atoms with van der Waals surface area (Å²) in [6.07, 6.45) is 9.58. The Labute approximate surface area is 211 Å². The average molecular weight is 560 g/mol. The minimum Gasteiger partial charge on any atom is -0.494 e. The highest BCUT2D eigenvalue weighted by Gasteiger charge is 2.23. The lowest BCUT2D eigenvalue weighted by Crippen LogP contribution is -2.47. The number of guanidine groups is 1. The number of likely N-dealkylation sites (tertiary alicyclic amines) is 1. The fourth-order valence-electron chi connectivity index (χ4n) is 4.15. The maximum Gasteiger partial charge on any atom is 0.193 e. The first-order chi connectivity index (χ1) is 15.3. The summed E-state index contributed by atoms with van der Waals surface area (Å²) in [6, 6.07) is 8.46. The Morgan fingerprint density at radius 2 is 1.94 bits per heavy atom. The molecule has 0 aliphatic carbocycles. The number of hydrogen-bond donors (Lipinski definition) is 1. The van der Waals surface area contributed by atoms with Crippen molar-refractivity contribution >= 4 is 29.9 Å². The molecule has 1 unspecified atom stereocenters. The minimum absolute atomic E-state index is 0. The van der Waals surface area contributed by atoms with Gasteiger partial charge in [-0.15, -0.1) is 24.0 Å². The third-order valence-electron chi connectivity index (χ3n) is 6.13. The van der Waals surface area contributed by atoms with Crippen molar-refractivity contribution in [2.24, 2.45) is 4.99 Å². The van der Waals surface area contributed by atoms with E-state index < -0.39 is 0 Å². The summed E-state index contributed by atoms with van der Waals surface area (Å²) in [7, 11) is 1.87. The number of unbranched alkanes of at least 4 members (excludes halogenated alkanes) is 1. The zero-order valence-electron chi connectivity index (χ0n) is 19.9. The molecule has 32 heavy (non-hydrogen) atoms. The summed E-state index contributed by atoms with van der Waals surface area (Å²) < 4.78 is 17.7. The van der Waals surface area contributed by atoms with Crippen molar-refractivity contribution in [3.05, 3.63) is 29.8 Å². The molecule has 0 aromatic heterocycles. The Bertz CT molecular complexity index is 642. The molecule has 6 nitrogen and oxygen atoms in total. The van der Waals surface area contributed by atoms with E-state index in [2.05, 4.69) is 46.4 Å². The van der Waals surface area contributed by atoms with Crippen molar-refractivity contribution in [2.45, 2.75) is 70.5 Å². The lowest BCUT2D eigenvalue weighted by Gasteiger charge is -2.35. The second kappa shape index (κ2) is 15.7. The smallest absolute Gasteiger partial charge is 0.193 e. The zero-order valence-corrected chi connectivity index (χ0v) is 22.2. The average Bonchev–Trinajstić information content (AvgIpc) is 2.83.